The van der Waals surface area contributed by atoms with E-state index in [4.69, 9.17) is 0 Å². The summed E-state index contributed by atoms with van der Waals surface area (Å²) in [6.07, 6.45) is 5.72. The van der Waals surface area contributed by atoms with Crippen LogP contribution >= 0.6 is 11.3 Å². The topological polar surface area (TPSA) is 49.4 Å². The van der Waals surface area contributed by atoms with Gasteiger partial charge >= 0.3 is 0 Å². The van der Waals surface area contributed by atoms with Crippen molar-refractivity contribution in [3.63, 3.8) is 0 Å². The molecule has 1 N–H and O–H groups in total. The maximum absolute atomic E-state index is 12.6. The summed E-state index contributed by atoms with van der Waals surface area (Å²) >= 11 is 1.63. The van der Waals surface area contributed by atoms with Gasteiger partial charge in [-0.15, -0.1) is 11.3 Å². The van der Waals surface area contributed by atoms with Crippen LogP contribution in [0.5, 0.6) is 0 Å². The maximum Gasteiger partial charge on any atom is 0.246 e. The Kier molecular flexibility index (Phi) is 4.05. The Hall–Kier alpha value is -1.36. The van der Waals surface area contributed by atoms with Crippen molar-refractivity contribution in [3.05, 3.63) is 22.4 Å². The number of carbonyl (C=O) groups is 2. The molecule has 108 valence electrons. The quantitative estimate of drug-likeness (QED) is 0.928. The first-order valence-electron chi connectivity index (χ1n) is 7.34. The molecule has 1 aromatic heterocycles. The second-order valence-electron chi connectivity index (χ2n) is 5.72. The van der Waals surface area contributed by atoms with E-state index < -0.39 is 0 Å². The molecule has 1 aromatic rings. The number of nitrogens with zero attached hydrogens (tertiary/aromatic N) is 1. The Bertz CT molecular complexity index is 480. The van der Waals surface area contributed by atoms with E-state index in [1.54, 1.807) is 16.2 Å². The van der Waals surface area contributed by atoms with Crippen LogP contribution in [0.3, 0.4) is 0 Å². The molecule has 2 amide bonds. The zero-order chi connectivity index (χ0) is 13.9. The monoisotopic (exact) mass is 292 g/mol. The normalized spacial score (nSPS) is 24.8. The first kappa shape index (κ1) is 13.6. The molecule has 2 heterocycles. The molecule has 1 unspecified atom stereocenters. The van der Waals surface area contributed by atoms with Crippen molar-refractivity contribution in [1.82, 2.24) is 10.2 Å². The Balaban J connectivity index is 1.71. The van der Waals surface area contributed by atoms with Gasteiger partial charge in [0.1, 0.15) is 6.04 Å². The number of thiophene rings is 1. The fourth-order valence-electron chi connectivity index (χ4n) is 3.24. The Morgan fingerprint density at radius 3 is 2.75 bits per heavy atom. The molecule has 4 nitrogen and oxygen atoms in total. The summed E-state index contributed by atoms with van der Waals surface area (Å²) in [5.41, 5.74) is 0. The Labute approximate surface area is 123 Å². The second-order valence-corrected chi connectivity index (χ2v) is 6.75. The van der Waals surface area contributed by atoms with Gasteiger partial charge in [0.05, 0.1) is 13.1 Å². The fraction of sp³-hybridized carbons (Fsp3) is 0.600. The maximum atomic E-state index is 12.6. The zero-order valence-electron chi connectivity index (χ0n) is 11.5. The second kappa shape index (κ2) is 5.95. The van der Waals surface area contributed by atoms with E-state index in [0.29, 0.717) is 12.5 Å². The molecular formula is C15H20N2O2S. The van der Waals surface area contributed by atoms with E-state index in [2.05, 4.69) is 5.32 Å². The van der Waals surface area contributed by atoms with Crippen LogP contribution in [0.1, 0.15) is 37.0 Å². The summed E-state index contributed by atoms with van der Waals surface area (Å²) in [5, 5.41) is 4.92. The van der Waals surface area contributed by atoms with E-state index in [0.717, 1.165) is 17.7 Å². The minimum absolute atomic E-state index is 0.0169. The smallest absolute Gasteiger partial charge is 0.246 e. The Morgan fingerprint density at radius 2 is 2.05 bits per heavy atom. The summed E-state index contributed by atoms with van der Waals surface area (Å²) in [6, 6.07) is 3.70. The molecule has 1 atom stereocenters. The molecule has 0 bridgehead atoms. The third-order valence-electron chi connectivity index (χ3n) is 4.28. The molecule has 1 aliphatic carbocycles. The van der Waals surface area contributed by atoms with E-state index in [1.165, 1.54) is 19.3 Å². The predicted molar refractivity (Wildman–Crippen MR) is 78.2 cm³/mol. The summed E-state index contributed by atoms with van der Waals surface area (Å²) in [7, 11) is 0. The van der Waals surface area contributed by atoms with Crippen LogP contribution in [0.2, 0.25) is 0 Å². The number of carbonyl (C=O) groups excluding carboxylic acids is 2. The number of nitrogens with one attached hydrogen (secondary N) is 1. The van der Waals surface area contributed by atoms with Gasteiger partial charge in [-0.3, -0.25) is 9.59 Å². The SMILES string of the molecule is O=C1CN(Cc2cccs2)C(=O)C(C2CCCCC2)N1. The number of hydrogen-bond donors (Lipinski definition) is 1. The van der Waals surface area contributed by atoms with Crippen LogP contribution in [-0.2, 0) is 16.1 Å². The largest absolute Gasteiger partial charge is 0.342 e. The lowest BCUT2D eigenvalue weighted by Crippen LogP contribution is -2.60. The van der Waals surface area contributed by atoms with Gasteiger partial charge in [0, 0.05) is 4.88 Å². The molecule has 0 radical (unpaired) electrons. The highest BCUT2D eigenvalue weighted by molar-refractivity contribution is 7.09. The van der Waals surface area contributed by atoms with E-state index in [1.807, 2.05) is 17.5 Å². The van der Waals surface area contributed by atoms with Crippen LogP contribution in [0.25, 0.3) is 0 Å². The molecule has 1 saturated carbocycles. The van der Waals surface area contributed by atoms with Gasteiger partial charge < -0.3 is 10.2 Å². The minimum atomic E-state index is -0.295. The van der Waals surface area contributed by atoms with Gasteiger partial charge in [-0.1, -0.05) is 25.3 Å². The molecule has 2 fully saturated rings. The minimum Gasteiger partial charge on any atom is -0.342 e. The standard InChI is InChI=1S/C15H20N2O2S/c18-13-10-17(9-12-7-4-8-20-12)15(19)14(16-13)11-5-2-1-3-6-11/h4,7-8,11,14H,1-3,5-6,9-10H2,(H,16,18). The first-order chi connectivity index (χ1) is 9.74. The molecule has 3 rings (SSSR count). The van der Waals surface area contributed by atoms with Crippen molar-refractivity contribution in [2.75, 3.05) is 6.54 Å². The van der Waals surface area contributed by atoms with Crippen LogP contribution in [0.4, 0.5) is 0 Å². The van der Waals surface area contributed by atoms with Gasteiger partial charge in [-0.25, -0.2) is 0 Å². The van der Waals surface area contributed by atoms with Gasteiger partial charge in [0.15, 0.2) is 0 Å². The van der Waals surface area contributed by atoms with Crippen LogP contribution in [-0.4, -0.2) is 29.3 Å². The Morgan fingerprint density at radius 1 is 1.25 bits per heavy atom. The van der Waals surface area contributed by atoms with Crippen LogP contribution in [0.15, 0.2) is 17.5 Å². The van der Waals surface area contributed by atoms with Crippen molar-refractivity contribution >= 4 is 23.2 Å². The lowest BCUT2D eigenvalue weighted by molar-refractivity contribution is -0.146. The van der Waals surface area contributed by atoms with Gasteiger partial charge in [0.25, 0.3) is 0 Å². The summed E-state index contributed by atoms with van der Waals surface area (Å²) in [6.45, 7) is 0.757. The van der Waals surface area contributed by atoms with Crippen molar-refractivity contribution in [3.8, 4) is 0 Å². The number of amides is 2. The number of rotatable bonds is 3. The summed E-state index contributed by atoms with van der Waals surface area (Å²) < 4.78 is 0. The first-order valence-corrected chi connectivity index (χ1v) is 8.22. The molecule has 5 heteroatoms. The van der Waals surface area contributed by atoms with E-state index in [-0.39, 0.29) is 24.4 Å². The van der Waals surface area contributed by atoms with E-state index in [9.17, 15) is 9.59 Å². The predicted octanol–water partition coefficient (Wildman–Crippen LogP) is 2.16. The highest BCUT2D eigenvalue weighted by Crippen LogP contribution is 2.28. The number of hydrogen-bond acceptors (Lipinski definition) is 3. The van der Waals surface area contributed by atoms with Crippen molar-refractivity contribution < 1.29 is 9.59 Å². The molecule has 0 spiro atoms. The third kappa shape index (κ3) is 2.87. The third-order valence-corrected chi connectivity index (χ3v) is 5.14. The molecule has 0 aromatic carbocycles. The summed E-state index contributed by atoms with van der Waals surface area (Å²) in [5.74, 6) is 0.410. The summed E-state index contributed by atoms with van der Waals surface area (Å²) in [4.78, 5) is 27.4. The van der Waals surface area contributed by atoms with Crippen molar-refractivity contribution in [2.24, 2.45) is 5.92 Å². The van der Waals surface area contributed by atoms with Gasteiger partial charge in [-0.05, 0) is 30.2 Å². The van der Waals surface area contributed by atoms with Crippen molar-refractivity contribution in [2.45, 2.75) is 44.7 Å². The highest BCUT2D eigenvalue weighted by Gasteiger charge is 2.38. The fourth-order valence-corrected chi connectivity index (χ4v) is 3.96. The molecule has 2 aliphatic rings. The zero-order valence-corrected chi connectivity index (χ0v) is 12.3. The highest BCUT2D eigenvalue weighted by atomic mass is 32.1. The molecule has 20 heavy (non-hydrogen) atoms. The van der Waals surface area contributed by atoms with E-state index >= 15 is 0 Å². The van der Waals surface area contributed by atoms with Gasteiger partial charge in [0.2, 0.25) is 11.8 Å². The average Bonchev–Trinajstić information content (AvgIpc) is 2.96. The van der Waals surface area contributed by atoms with Gasteiger partial charge in [-0.2, -0.15) is 0 Å². The molecular weight excluding hydrogens is 272 g/mol. The number of piperazine rings is 1. The van der Waals surface area contributed by atoms with Crippen LogP contribution < -0.4 is 5.32 Å². The average molecular weight is 292 g/mol. The molecule has 1 aliphatic heterocycles. The van der Waals surface area contributed by atoms with Crippen LogP contribution in [0, 0.1) is 5.92 Å². The van der Waals surface area contributed by atoms with Crippen molar-refractivity contribution in [1.29, 1.82) is 0 Å². The lowest BCUT2D eigenvalue weighted by Gasteiger charge is -2.37. The lowest BCUT2D eigenvalue weighted by atomic mass is 9.82. The molecule has 1 saturated heterocycles.